The molecule has 1 amide bonds. The van der Waals surface area contributed by atoms with E-state index in [1.54, 1.807) is 12.1 Å². The molecule has 1 fully saturated rings. The Labute approximate surface area is 140 Å². The first-order valence-corrected chi connectivity index (χ1v) is 8.84. The molecule has 0 aliphatic carbocycles. The molecule has 0 bridgehead atoms. The number of thioether (sulfide) groups is 1. The molecule has 6 heteroatoms. The number of benzene rings is 1. The summed E-state index contributed by atoms with van der Waals surface area (Å²) in [5.74, 6) is 2.18. The fourth-order valence-corrected chi connectivity index (χ4v) is 3.85. The minimum absolute atomic E-state index is 0.167. The van der Waals surface area contributed by atoms with Gasteiger partial charge in [0.15, 0.2) is 0 Å². The van der Waals surface area contributed by atoms with Crippen molar-refractivity contribution < 1.29 is 4.79 Å². The maximum Gasteiger partial charge on any atom is 0.227 e. The molecular formula is C15H20Cl2N2OS. The van der Waals surface area contributed by atoms with Gasteiger partial charge in [-0.1, -0.05) is 29.3 Å². The van der Waals surface area contributed by atoms with Gasteiger partial charge in [-0.05, 0) is 31.8 Å². The first-order valence-electron chi connectivity index (χ1n) is 6.93. The molecule has 1 saturated heterocycles. The lowest BCUT2D eigenvalue weighted by atomic mass is 10.1. The van der Waals surface area contributed by atoms with Gasteiger partial charge in [-0.25, -0.2) is 0 Å². The van der Waals surface area contributed by atoms with Gasteiger partial charge in [0.25, 0.3) is 0 Å². The van der Waals surface area contributed by atoms with Gasteiger partial charge in [0.1, 0.15) is 0 Å². The number of carbonyl (C=O) groups is 1. The lowest BCUT2D eigenvalue weighted by molar-refractivity contribution is -0.132. The molecule has 0 radical (unpaired) electrons. The van der Waals surface area contributed by atoms with Crippen molar-refractivity contribution in [2.75, 3.05) is 38.7 Å². The number of rotatable bonds is 4. The molecular weight excluding hydrogens is 327 g/mol. The van der Waals surface area contributed by atoms with Crippen molar-refractivity contribution in [3.63, 3.8) is 0 Å². The van der Waals surface area contributed by atoms with E-state index >= 15 is 0 Å². The fourth-order valence-electron chi connectivity index (χ4n) is 2.48. The van der Waals surface area contributed by atoms with E-state index in [9.17, 15) is 4.79 Å². The van der Waals surface area contributed by atoms with Crippen LogP contribution in [-0.4, -0.2) is 60.4 Å². The molecule has 1 atom stereocenters. The van der Waals surface area contributed by atoms with Crippen molar-refractivity contribution in [3.05, 3.63) is 33.8 Å². The third-order valence-electron chi connectivity index (χ3n) is 3.46. The first-order chi connectivity index (χ1) is 9.97. The predicted molar refractivity (Wildman–Crippen MR) is 91.5 cm³/mol. The van der Waals surface area contributed by atoms with Crippen molar-refractivity contribution in [1.82, 2.24) is 9.80 Å². The van der Waals surface area contributed by atoms with Crippen molar-refractivity contribution >= 4 is 40.9 Å². The van der Waals surface area contributed by atoms with Crippen LogP contribution in [0.4, 0.5) is 0 Å². The van der Waals surface area contributed by atoms with E-state index < -0.39 is 0 Å². The highest BCUT2D eigenvalue weighted by molar-refractivity contribution is 7.99. The first kappa shape index (κ1) is 16.9. The lowest BCUT2D eigenvalue weighted by Gasteiger charge is -2.37. The van der Waals surface area contributed by atoms with Crippen molar-refractivity contribution in [1.29, 1.82) is 0 Å². The van der Waals surface area contributed by atoms with Gasteiger partial charge >= 0.3 is 0 Å². The van der Waals surface area contributed by atoms with Crippen LogP contribution in [0.2, 0.25) is 10.0 Å². The van der Waals surface area contributed by atoms with Crippen molar-refractivity contribution in [2.45, 2.75) is 12.5 Å². The van der Waals surface area contributed by atoms with Crippen LogP contribution in [0, 0.1) is 0 Å². The maximum atomic E-state index is 12.6. The fraction of sp³-hybridized carbons (Fsp3) is 0.533. The molecule has 0 spiro atoms. The van der Waals surface area contributed by atoms with Crippen LogP contribution in [0.5, 0.6) is 0 Å². The summed E-state index contributed by atoms with van der Waals surface area (Å²) in [5.41, 5.74) is 0.913. The summed E-state index contributed by atoms with van der Waals surface area (Å²) < 4.78 is 0. The Morgan fingerprint density at radius 2 is 2.14 bits per heavy atom. The number of nitrogens with zero attached hydrogens (tertiary/aromatic N) is 2. The molecule has 0 saturated carbocycles. The van der Waals surface area contributed by atoms with Crippen molar-refractivity contribution in [3.8, 4) is 0 Å². The second kappa shape index (κ2) is 7.73. The van der Waals surface area contributed by atoms with Crippen molar-refractivity contribution in [2.24, 2.45) is 0 Å². The largest absolute Gasteiger partial charge is 0.336 e. The topological polar surface area (TPSA) is 23.6 Å². The molecule has 3 nitrogen and oxygen atoms in total. The SMILES string of the molecule is CN(C)CC1CSCCN1C(=O)Cc1ccc(Cl)c(Cl)c1. The number of halogens is 2. The summed E-state index contributed by atoms with van der Waals surface area (Å²) in [6.45, 7) is 1.73. The second-order valence-electron chi connectivity index (χ2n) is 5.50. The summed E-state index contributed by atoms with van der Waals surface area (Å²) in [4.78, 5) is 16.7. The highest BCUT2D eigenvalue weighted by Gasteiger charge is 2.27. The van der Waals surface area contributed by atoms with E-state index in [0.717, 1.165) is 30.2 Å². The van der Waals surface area contributed by atoms with E-state index in [1.165, 1.54) is 0 Å². The lowest BCUT2D eigenvalue weighted by Crippen LogP contribution is -2.51. The summed E-state index contributed by atoms with van der Waals surface area (Å²) in [6.07, 6.45) is 0.380. The monoisotopic (exact) mass is 346 g/mol. The van der Waals surface area contributed by atoms with Crippen LogP contribution in [0.25, 0.3) is 0 Å². The van der Waals surface area contributed by atoms with E-state index in [4.69, 9.17) is 23.2 Å². The van der Waals surface area contributed by atoms with Crippen LogP contribution in [0.1, 0.15) is 5.56 Å². The van der Waals surface area contributed by atoms with Gasteiger partial charge in [-0.2, -0.15) is 11.8 Å². The van der Waals surface area contributed by atoms with E-state index in [2.05, 4.69) is 4.90 Å². The summed E-state index contributed by atoms with van der Waals surface area (Å²) in [6, 6.07) is 5.68. The third kappa shape index (κ3) is 4.78. The Bertz CT molecular complexity index is 510. The average Bonchev–Trinajstić information content (AvgIpc) is 2.43. The van der Waals surface area contributed by atoms with Gasteiger partial charge in [-0.15, -0.1) is 0 Å². The van der Waals surface area contributed by atoms with Crippen LogP contribution < -0.4 is 0 Å². The van der Waals surface area contributed by atoms with Crippen LogP contribution in [0.3, 0.4) is 0 Å². The maximum absolute atomic E-state index is 12.6. The normalized spacial score (nSPS) is 19.1. The van der Waals surface area contributed by atoms with Gasteiger partial charge in [0.2, 0.25) is 5.91 Å². The second-order valence-corrected chi connectivity index (χ2v) is 7.47. The molecule has 1 aromatic rings. The zero-order chi connectivity index (χ0) is 15.4. The third-order valence-corrected chi connectivity index (χ3v) is 5.29. The van der Waals surface area contributed by atoms with Gasteiger partial charge in [-0.3, -0.25) is 4.79 Å². The minimum atomic E-state index is 0.167. The molecule has 116 valence electrons. The van der Waals surface area contributed by atoms with Crippen LogP contribution in [0.15, 0.2) is 18.2 Å². The van der Waals surface area contributed by atoms with E-state index in [1.807, 2.05) is 36.8 Å². The Kier molecular flexibility index (Phi) is 6.23. The van der Waals surface area contributed by atoms with E-state index in [-0.39, 0.29) is 11.9 Å². The molecule has 1 aromatic carbocycles. The highest BCUT2D eigenvalue weighted by atomic mass is 35.5. The zero-order valence-corrected chi connectivity index (χ0v) is 14.6. The van der Waals surface area contributed by atoms with E-state index in [0.29, 0.717) is 16.5 Å². The molecule has 1 aliphatic heterocycles. The standard InChI is InChI=1S/C15H20Cl2N2OS/c1-18(2)9-12-10-21-6-5-19(12)15(20)8-11-3-4-13(16)14(17)7-11/h3-4,7,12H,5-6,8-10H2,1-2H3. The molecule has 1 unspecified atom stereocenters. The van der Waals surface area contributed by atoms with Gasteiger partial charge < -0.3 is 9.80 Å². The molecule has 1 heterocycles. The quantitative estimate of drug-likeness (QED) is 0.837. The minimum Gasteiger partial charge on any atom is -0.336 e. The summed E-state index contributed by atoms with van der Waals surface area (Å²) >= 11 is 13.8. The summed E-state index contributed by atoms with van der Waals surface area (Å²) in [5, 5.41) is 1.02. The number of hydrogen-bond acceptors (Lipinski definition) is 3. The molecule has 0 N–H and O–H groups in total. The van der Waals surface area contributed by atoms with Crippen LogP contribution in [-0.2, 0) is 11.2 Å². The number of likely N-dealkylation sites (N-methyl/N-ethyl adjacent to an activating group) is 1. The number of amides is 1. The smallest absolute Gasteiger partial charge is 0.227 e. The average molecular weight is 347 g/mol. The van der Waals surface area contributed by atoms with Crippen LogP contribution >= 0.6 is 35.0 Å². The number of hydrogen-bond donors (Lipinski definition) is 0. The Morgan fingerprint density at radius 3 is 2.81 bits per heavy atom. The molecule has 2 rings (SSSR count). The zero-order valence-electron chi connectivity index (χ0n) is 12.3. The molecule has 0 aromatic heterocycles. The predicted octanol–water partition coefficient (Wildman–Crippen LogP) is 3.04. The highest BCUT2D eigenvalue weighted by Crippen LogP contribution is 2.24. The Balaban J connectivity index is 2.04. The Hall–Kier alpha value is -0.420. The summed E-state index contributed by atoms with van der Waals surface area (Å²) in [7, 11) is 4.09. The molecule has 21 heavy (non-hydrogen) atoms. The Morgan fingerprint density at radius 1 is 1.38 bits per heavy atom. The van der Waals surface area contributed by atoms with Gasteiger partial charge in [0.05, 0.1) is 22.5 Å². The van der Waals surface area contributed by atoms with Gasteiger partial charge in [0, 0.05) is 24.6 Å². The molecule has 1 aliphatic rings. The number of carbonyl (C=O) groups excluding carboxylic acids is 1.